The summed E-state index contributed by atoms with van der Waals surface area (Å²) in [5.41, 5.74) is 1.22. The number of ether oxygens (including phenoxy) is 1. The fraction of sp³-hybridized carbons (Fsp3) is 0.714. The van der Waals surface area contributed by atoms with Crippen LogP contribution in [0.3, 0.4) is 0 Å². The molecule has 0 saturated carbocycles. The van der Waals surface area contributed by atoms with Crippen LogP contribution >= 0.6 is 0 Å². The second-order valence-electron chi connectivity index (χ2n) is 5.13. The molecule has 0 aromatic carbocycles. The Morgan fingerprint density at radius 2 is 2.22 bits per heavy atom. The third kappa shape index (κ3) is 3.83. The lowest BCUT2D eigenvalue weighted by molar-refractivity contribution is 0.0939. The van der Waals surface area contributed by atoms with Gasteiger partial charge in [0.15, 0.2) is 0 Å². The fourth-order valence-electron chi connectivity index (χ4n) is 2.57. The molecule has 4 nitrogen and oxygen atoms in total. The van der Waals surface area contributed by atoms with Crippen LogP contribution in [0.2, 0.25) is 0 Å². The van der Waals surface area contributed by atoms with Crippen LogP contribution in [0.4, 0.5) is 0 Å². The second-order valence-corrected chi connectivity index (χ2v) is 5.13. The number of nitrogens with one attached hydrogen (secondary N) is 1. The molecule has 1 saturated heterocycles. The van der Waals surface area contributed by atoms with Gasteiger partial charge in [0.1, 0.15) is 5.76 Å². The SMILES string of the molecule is CNCc1coc(CN2CCC(COC)CC2)c1. The first-order valence-electron chi connectivity index (χ1n) is 6.74. The van der Waals surface area contributed by atoms with Crippen LogP contribution in [0.5, 0.6) is 0 Å². The maximum Gasteiger partial charge on any atom is 0.118 e. The van der Waals surface area contributed by atoms with E-state index in [0.29, 0.717) is 0 Å². The summed E-state index contributed by atoms with van der Waals surface area (Å²) in [6, 6.07) is 2.15. The molecule has 0 radical (unpaired) electrons. The van der Waals surface area contributed by atoms with Gasteiger partial charge in [0, 0.05) is 25.8 Å². The van der Waals surface area contributed by atoms with Crippen molar-refractivity contribution in [3.05, 3.63) is 23.7 Å². The summed E-state index contributed by atoms with van der Waals surface area (Å²) >= 11 is 0. The molecule has 18 heavy (non-hydrogen) atoms. The number of hydrogen-bond donors (Lipinski definition) is 1. The molecule has 1 aromatic rings. The average molecular weight is 252 g/mol. The third-order valence-electron chi connectivity index (χ3n) is 3.58. The minimum atomic E-state index is 0.739. The summed E-state index contributed by atoms with van der Waals surface area (Å²) in [5.74, 6) is 1.81. The molecule has 0 bridgehead atoms. The fourth-order valence-corrected chi connectivity index (χ4v) is 2.57. The molecule has 2 heterocycles. The van der Waals surface area contributed by atoms with E-state index in [1.807, 2.05) is 13.3 Å². The van der Waals surface area contributed by atoms with Gasteiger partial charge in [-0.05, 0) is 45.0 Å². The average Bonchev–Trinajstić information content (AvgIpc) is 2.80. The lowest BCUT2D eigenvalue weighted by Gasteiger charge is -2.30. The molecule has 2 rings (SSSR count). The van der Waals surface area contributed by atoms with Crippen molar-refractivity contribution in [3.8, 4) is 0 Å². The summed E-state index contributed by atoms with van der Waals surface area (Å²) in [7, 11) is 3.74. The Morgan fingerprint density at radius 3 is 2.89 bits per heavy atom. The van der Waals surface area contributed by atoms with Gasteiger partial charge in [0.05, 0.1) is 12.8 Å². The molecular weight excluding hydrogens is 228 g/mol. The highest BCUT2D eigenvalue weighted by atomic mass is 16.5. The molecule has 0 unspecified atom stereocenters. The minimum Gasteiger partial charge on any atom is -0.468 e. The highest BCUT2D eigenvalue weighted by Crippen LogP contribution is 2.19. The van der Waals surface area contributed by atoms with Crippen LogP contribution in [0, 0.1) is 5.92 Å². The number of rotatable bonds is 6. The van der Waals surface area contributed by atoms with Crippen molar-refractivity contribution < 1.29 is 9.15 Å². The van der Waals surface area contributed by atoms with Gasteiger partial charge in [-0.1, -0.05) is 0 Å². The number of piperidine rings is 1. The molecule has 102 valence electrons. The van der Waals surface area contributed by atoms with E-state index in [0.717, 1.165) is 44.5 Å². The van der Waals surface area contributed by atoms with Crippen LogP contribution in [0.15, 0.2) is 16.7 Å². The van der Waals surface area contributed by atoms with Crippen molar-refractivity contribution in [2.75, 3.05) is 33.9 Å². The lowest BCUT2D eigenvalue weighted by Crippen LogP contribution is -2.34. The normalized spacial score (nSPS) is 18.3. The Hall–Kier alpha value is -0.840. The zero-order valence-corrected chi connectivity index (χ0v) is 11.4. The molecule has 4 heteroatoms. The first-order valence-corrected chi connectivity index (χ1v) is 6.74. The number of nitrogens with zero attached hydrogens (tertiary/aromatic N) is 1. The molecule has 1 N–H and O–H groups in total. The van der Waals surface area contributed by atoms with Crippen molar-refractivity contribution >= 4 is 0 Å². The number of likely N-dealkylation sites (tertiary alicyclic amines) is 1. The predicted molar refractivity (Wildman–Crippen MR) is 71.3 cm³/mol. The number of hydrogen-bond acceptors (Lipinski definition) is 4. The number of methoxy groups -OCH3 is 1. The Morgan fingerprint density at radius 1 is 1.44 bits per heavy atom. The van der Waals surface area contributed by atoms with E-state index in [-0.39, 0.29) is 0 Å². The zero-order chi connectivity index (χ0) is 12.8. The molecular formula is C14H24N2O2. The summed E-state index contributed by atoms with van der Waals surface area (Å²) in [6.45, 7) is 5.01. The van der Waals surface area contributed by atoms with Gasteiger partial charge >= 0.3 is 0 Å². The lowest BCUT2D eigenvalue weighted by atomic mass is 9.98. The Bertz CT molecular complexity index is 343. The van der Waals surface area contributed by atoms with E-state index in [1.165, 1.54) is 18.4 Å². The molecule has 1 aliphatic heterocycles. The molecule has 0 atom stereocenters. The Kier molecular flexibility index (Phi) is 5.23. The van der Waals surface area contributed by atoms with Gasteiger partial charge in [-0.3, -0.25) is 4.90 Å². The highest BCUT2D eigenvalue weighted by Gasteiger charge is 2.19. The topological polar surface area (TPSA) is 37.6 Å². The minimum absolute atomic E-state index is 0.739. The smallest absolute Gasteiger partial charge is 0.118 e. The van der Waals surface area contributed by atoms with Crippen LogP contribution in [-0.2, 0) is 17.8 Å². The molecule has 0 amide bonds. The van der Waals surface area contributed by atoms with E-state index in [4.69, 9.17) is 9.15 Å². The molecule has 0 spiro atoms. The van der Waals surface area contributed by atoms with Crippen molar-refractivity contribution in [1.29, 1.82) is 0 Å². The Labute approximate surface area is 109 Å². The van der Waals surface area contributed by atoms with Gasteiger partial charge < -0.3 is 14.5 Å². The van der Waals surface area contributed by atoms with E-state index < -0.39 is 0 Å². The summed E-state index contributed by atoms with van der Waals surface area (Å²) in [5, 5.41) is 3.13. The van der Waals surface area contributed by atoms with Crippen LogP contribution in [0.1, 0.15) is 24.2 Å². The van der Waals surface area contributed by atoms with E-state index in [1.54, 1.807) is 7.11 Å². The quantitative estimate of drug-likeness (QED) is 0.838. The van der Waals surface area contributed by atoms with Crippen molar-refractivity contribution in [1.82, 2.24) is 10.2 Å². The summed E-state index contributed by atoms with van der Waals surface area (Å²) in [4.78, 5) is 2.47. The zero-order valence-electron chi connectivity index (χ0n) is 11.4. The van der Waals surface area contributed by atoms with Crippen molar-refractivity contribution in [2.45, 2.75) is 25.9 Å². The van der Waals surface area contributed by atoms with Gasteiger partial charge in [-0.15, -0.1) is 0 Å². The molecule has 1 aliphatic rings. The highest BCUT2D eigenvalue weighted by molar-refractivity contribution is 5.12. The maximum atomic E-state index is 5.59. The second kappa shape index (κ2) is 6.92. The summed E-state index contributed by atoms with van der Waals surface area (Å²) < 4.78 is 10.8. The van der Waals surface area contributed by atoms with E-state index >= 15 is 0 Å². The van der Waals surface area contributed by atoms with Crippen molar-refractivity contribution in [2.24, 2.45) is 5.92 Å². The first-order chi connectivity index (χ1) is 8.81. The number of furan rings is 1. The first kappa shape index (κ1) is 13.6. The molecule has 0 aliphatic carbocycles. The summed E-state index contributed by atoms with van der Waals surface area (Å²) in [6.07, 6.45) is 4.32. The maximum absolute atomic E-state index is 5.59. The monoisotopic (exact) mass is 252 g/mol. The van der Waals surface area contributed by atoms with Gasteiger partial charge in [0.25, 0.3) is 0 Å². The van der Waals surface area contributed by atoms with E-state index in [9.17, 15) is 0 Å². The van der Waals surface area contributed by atoms with Crippen LogP contribution < -0.4 is 5.32 Å². The largest absolute Gasteiger partial charge is 0.468 e. The molecule has 1 aromatic heterocycles. The van der Waals surface area contributed by atoms with Crippen LogP contribution in [0.25, 0.3) is 0 Å². The third-order valence-corrected chi connectivity index (χ3v) is 3.58. The Balaban J connectivity index is 1.76. The van der Waals surface area contributed by atoms with Gasteiger partial charge in [-0.2, -0.15) is 0 Å². The molecule has 1 fully saturated rings. The predicted octanol–water partition coefficient (Wildman–Crippen LogP) is 1.86. The van der Waals surface area contributed by atoms with Crippen LogP contribution in [-0.4, -0.2) is 38.8 Å². The standard InChI is InChI=1S/C14H24N2O2/c1-15-8-13-7-14(18-11-13)9-16-5-3-12(4-6-16)10-17-2/h7,11-12,15H,3-6,8-10H2,1-2H3. The van der Waals surface area contributed by atoms with Crippen molar-refractivity contribution in [3.63, 3.8) is 0 Å². The van der Waals surface area contributed by atoms with Gasteiger partial charge in [0.2, 0.25) is 0 Å². The van der Waals surface area contributed by atoms with Gasteiger partial charge in [-0.25, -0.2) is 0 Å². The van der Waals surface area contributed by atoms with E-state index in [2.05, 4.69) is 16.3 Å².